The number of piperidine rings is 1. The van der Waals surface area contributed by atoms with Crippen LogP contribution in [0.2, 0.25) is 0 Å². The third-order valence-corrected chi connectivity index (χ3v) is 4.86. The molecule has 1 fully saturated rings. The van der Waals surface area contributed by atoms with E-state index in [2.05, 4.69) is 36.6 Å². The highest BCUT2D eigenvalue weighted by molar-refractivity contribution is 5.42. The summed E-state index contributed by atoms with van der Waals surface area (Å²) in [4.78, 5) is 15.5. The van der Waals surface area contributed by atoms with Crippen molar-refractivity contribution in [3.63, 3.8) is 0 Å². The molecule has 0 aliphatic carbocycles. The van der Waals surface area contributed by atoms with Crippen LogP contribution in [0.4, 0.5) is 5.82 Å². The van der Waals surface area contributed by atoms with E-state index in [0.717, 1.165) is 44.1 Å². The molecule has 0 radical (unpaired) electrons. The van der Waals surface area contributed by atoms with Crippen molar-refractivity contribution in [3.8, 4) is 6.07 Å². The summed E-state index contributed by atoms with van der Waals surface area (Å²) >= 11 is 0. The van der Waals surface area contributed by atoms with Crippen LogP contribution >= 0.6 is 0 Å². The molecule has 0 amide bonds. The number of hydrogen-bond donors (Lipinski definition) is 0. The molecule has 4 rings (SSSR count). The Bertz CT molecular complexity index is 903. The Morgan fingerprint density at radius 3 is 2.77 bits per heavy atom. The predicted octanol–water partition coefficient (Wildman–Crippen LogP) is 2.98. The molecule has 0 unspecified atom stereocenters. The molecule has 130 valence electrons. The van der Waals surface area contributed by atoms with Crippen LogP contribution in [0.5, 0.6) is 0 Å². The fourth-order valence-corrected chi connectivity index (χ4v) is 3.53. The van der Waals surface area contributed by atoms with Crippen molar-refractivity contribution < 1.29 is 0 Å². The van der Waals surface area contributed by atoms with Crippen LogP contribution in [0, 0.1) is 11.3 Å². The molecule has 0 atom stereocenters. The van der Waals surface area contributed by atoms with Crippen molar-refractivity contribution in [1.29, 1.82) is 5.26 Å². The monoisotopic (exact) mass is 344 g/mol. The Morgan fingerprint density at radius 2 is 2.00 bits per heavy atom. The van der Waals surface area contributed by atoms with E-state index in [0.29, 0.717) is 11.6 Å². The highest BCUT2D eigenvalue weighted by atomic mass is 15.2. The molecule has 1 saturated heterocycles. The average Bonchev–Trinajstić information content (AvgIpc) is 3.17. The number of rotatable bonds is 4. The topological polar surface area (TPSA) is 70.6 Å². The highest BCUT2D eigenvalue weighted by Gasteiger charge is 2.24. The van der Waals surface area contributed by atoms with Gasteiger partial charge < -0.3 is 9.47 Å². The Labute approximate surface area is 152 Å². The number of nitriles is 1. The molecule has 0 saturated carbocycles. The molecule has 0 spiro atoms. The van der Waals surface area contributed by atoms with E-state index in [9.17, 15) is 0 Å². The summed E-state index contributed by atoms with van der Waals surface area (Å²) in [7, 11) is 0. The fourth-order valence-electron chi connectivity index (χ4n) is 3.53. The molecular formula is C20H20N6. The molecule has 1 aliphatic heterocycles. The number of anilines is 1. The smallest absolute Gasteiger partial charge is 0.142 e. The van der Waals surface area contributed by atoms with Crippen molar-refractivity contribution in [2.24, 2.45) is 0 Å². The summed E-state index contributed by atoms with van der Waals surface area (Å²) in [6.45, 7) is 2.65. The fraction of sp³-hybridized carbons (Fsp3) is 0.300. The van der Waals surface area contributed by atoms with Crippen LogP contribution in [0.15, 0.2) is 55.1 Å². The lowest BCUT2D eigenvalue weighted by atomic mass is 9.95. The van der Waals surface area contributed by atoms with Crippen molar-refractivity contribution in [2.45, 2.75) is 25.3 Å². The van der Waals surface area contributed by atoms with Crippen LogP contribution in [0.25, 0.3) is 0 Å². The van der Waals surface area contributed by atoms with E-state index in [1.165, 1.54) is 5.56 Å². The lowest BCUT2D eigenvalue weighted by Gasteiger charge is -2.32. The third kappa shape index (κ3) is 3.42. The zero-order chi connectivity index (χ0) is 17.8. The van der Waals surface area contributed by atoms with Crippen LogP contribution in [-0.4, -0.2) is 32.6 Å². The number of imidazole rings is 1. The molecule has 3 aromatic rings. The first-order chi connectivity index (χ1) is 12.8. The van der Waals surface area contributed by atoms with Gasteiger partial charge in [-0.05, 0) is 36.6 Å². The number of hydrogen-bond acceptors (Lipinski definition) is 5. The van der Waals surface area contributed by atoms with Gasteiger partial charge in [0.15, 0.2) is 0 Å². The van der Waals surface area contributed by atoms with E-state index >= 15 is 0 Å². The summed E-state index contributed by atoms with van der Waals surface area (Å²) in [6, 6.07) is 11.8. The number of pyridine rings is 2. The summed E-state index contributed by atoms with van der Waals surface area (Å²) < 4.78 is 2.23. The summed E-state index contributed by atoms with van der Waals surface area (Å²) in [5.41, 5.74) is 1.65. The van der Waals surface area contributed by atoms with E-state index < -0.39 is 0 Å². The minimum atomic E-state index is 0.442. The maximum absolute atomic E-state index is 9.03. The Hall–Kier alpha value is -3.20. The summed E-state index contributed by atoms with van der Waals surface area (Å²) in [5.74, 6) is 2.48. The summed E-state index contributed by atoms with van der Waals surface area (Å²) in [6.07, 6.45) is 9.69. The van der Waals surface area contributed by atoms with Gasteiger partial charge in [-0.1, -0.05) is 12.1 Å². The standard InChI is InChI=1S/C20H20N6/c21-13-18-4-1-5-19(24-18)25-10-6-17(7-11-25)20-23-9-12-26(20)15-16-3-2-8-22-14-16/h1-5,8-9,12,14,17H,6-7,10-11,15H2. The van der Waals surface area contributed by atoms with Gasteiger partial charge in [-0.3, -0.25) is 4.98 Å². The van der Waals surface area contributed by atoms with E-state index in [4.69, 9.17) is 5.26 Å². The zero-order valence-corrected chi connectivity index (χ0v) is 14.5. The summed E-state index contributed by atoms with van der Waals surface area (Å²) in [5, 5.41) is 9.03. The Balaban J connectivity index is 1.44. The second-order valence-electron chi connectivity index (χ2n) is 6.53. The normalized spacial score (nSPS) is 15.0. The molecule has 0 N–H and O–H groups in total. The van der Waals surface area contributed by atoms with Crippen molar-refractivity contribution in [2.75, 3.05) is 18.0 Å². The van der Waals surface area contributed by atoms with Gasteiger partial charge in [0.05, 0.1) is 6.54 Å². The molecule has 26 heavy (non-hydrogen) atoms. The van der Waals surface area contributed by atoms with Gasteiger partial charge in [0.2, 0.25) is 0 Å². The second-order valence-corrected chi connectivity index (χ2v) is 6.53. The SMILES string of the molecule is N#Cc1cccc(N2CCC(c3nccn3Cc3cccnc3)CC2)n1. The largest absolute Gasteiger partial charge is 0.357 e. The molecule has 4 heterocycles. The Morgan fingerprint density at radius 1 is 1.12 bits per heavy atom. The first-order valence-electron chi connectivity index (χ1n) is 8.85. The molecule has 3 aromatic heterocycles. The van der Waals surface area contributed by atoms with E-state index in [1.807, 2.05) is 36.8 Å². The highest BCUT2D eigenvalue weighted by Crippen LogP contribution is 2.29. The van der Waals surface area contributed by atoms with Crippen molar-refractivity contribution >= 4 is 5.82 Å². The van der Waals surface area contributed by atoms with Gasteiger partial charge >= 0.3 is 0 Å². The van der Waals surface area contributed by atoms with Gasteiger partial charge in [-0.15, -0.1) is 0 Å². The second kappa shape index (κ2) is 7.36. The van der Waals surface area contributed by atoms with E-state index in [1.54, 1.807) is 12.3 Å². The predicted molar refractivity (Wildman–Crippen MR) is 98.7 cm³/mol. The minimum Gasteiger partial charge on any atom is -0.357 e. The molecule has 6 nitrogen and oxygen atoms in total. The zero-order valence-electron chi connectivity index (χ0n) is 14.5. The van der Waals surface area contributed by atoms with Crippen LogP contribution in [-0.2, 0) is 6.54 Å². The van der Waals surface area contributed by atoms with Gasteiger partial charge in [-0.25, -0.2) is 9.97 Å². The van der Waals surface area contributed by atoms with Crippen molar-refractivity contribution in [3.05, 3.63) is 72.2 Å². The quantitative estimate of drug-likeness (QED) is 0.728. The first kappa shape index (κ1) is 16.3. The van der Waals surface area contributed by atoms with Gasteiger partial charge in [0.1, 0.15) is 23.4 Å². The third-order valence-electron chi connectivity index (χ3n) is 4.86. The molecule has 0 bridgehead atoms. The maximum atomic E-state index is 9.03. The lowest BCUT2D eigenvalue weighted by molar-refractivity contribution is 0.468. The van der Waals surface area contributed by atoms with Gasteiger partial charge in [-0.2, -0.15) is 5.26 Å². The molecule has 6 heteroatoms. The maximum Gasteiger partial charge on any atom is 0.142 e. The minimum absolute atomic E-state index is 0.442. The van der Waals surface area contributed by atoms with Crippen molar-refractivity contribution in [1.82, 2.24) is 19.5 Å². The van der Waals surface area contributed by atoms with Gasteiger partial charge in [0, 0.05) is 43.8 Å². The van der Waals surface area contributed by atoms with E-state index in [-0.39, 0.29) is 0 Å². The molecule has 1 aliphatic rings. The van der Waals surface area contributed by atoms with Crippen LogP contribution in [0.3, 0.4) is 0 Å². The average molecular weight is 344 g/mol. The molecule has 0 aromatic carbocycles. The number of nitrogens with zero attached hydrogens (tertiary/aromatic N) is 6. The first-order valence-corrected chi connectivity index (χ1v) is 8.85. The Kier molecular flexibility index (Phi) is 4.61. The lowest BCUT2D eigenvalue weighted by Crippen LogP contribution is -2.34. The van der Waals surface area contributed by atoms with Crippen LogP contribution < -0.4 is 4.90 Å². The number of aromatic nitrogens is 4. The van der Waals surface area contributed by atoms with Crippen LogP contribution in [0.1, 0.15) is 35.8 Å². The van der Waals surface area contributed by atoms with Gasteiger partial charge in [0.25, 0.3) is 0 Å². The molecular weight excluding hydrogens is 324 g/mol.